The summed E-state index contributed by atoms with van der Waals surface area (Å²) in [5, 5.41) is 3.01. The minimum atomic E-state index is -4.04. The van der Waals surface area contributed by atoms with Crippen LogP contribution in [0.3, 0.4) is 0 Å². The van der Waals surface area contributed by atoms with E-state index in [4.69, 9.17) is 9.47 Å². The second kappa shape index (κ2) is 12.1. The molecule has 0 saturated carbocycles. The van der Waals surface area contributed by atoms with Crippen LogP contribution in [-0.4, -0.2) is 44.7 Å². The third kappa shape index (κ3) is 5.93. The molecule has 0 aliphatic rings. The van der Waals surface area contributed by atoms with Crippen LogP contribution in [0.25, 0.3) is 22.4 Å². The third-order valence-corrected chi connectivity index (χ3v) is 7.04. The van der Waals surface area contributed by atoms with Crippen molar-refractivity contribution in [1.29, 1.82) is 0 Å². The van der Waals surface area contributed by atoms with Gasteiger partial charge in [0, 0.05) is 37.2 Å². The van der Waals surface area contributed by atoms with Crippen molar-refractivity contribution in [3.63, 3.8) is 0 Å². The second-order valence-electron chi connectivity index (χ2n) is 7.82. The Hall–Kier alpha value is -3.24. The monoisotopic (exact) mass is 531 g/mol. The number of pyridine rings is 1. The topological polar surface area (TPSA) is 82.5 Å². The van der Waals surface area contributed by atoms with Crippen LogP contribution >= 0.6 is 12.4 Å². The Morgan fingerprint density at radius 2 is 1.81 bits per heavy atom. The molecule has 4 rings (SSSR count). The van der Waals surface area contributed by atoms with E-state index < -0.39 is 15.8 Å². The van der Waals surface area contributed by atoms with Crippen LogP contribution in [0.1, 0.15) is 5.56 Å². The summed E-state index contributed by atoms with van der Waals surface area (Å²) in [6.07, 6.45) is 4.75. The van der Waals surface area contributed by atoms with Crippen LogP contribution in [0, 0.1) is 5.82 Å². The number of ether oxygens (including phenoxy) is 2. The van der Waals surface area contributed by atoms with Gasteiger partial charge >= 0.3 is 0 Å². The van der Waals surface area contributed by atoms with E-state index in [1.54, 1.807) is 75.1 Å². The van der Waals surface area contributed by atoms with E-state index in [0.29, 0.717) is 36.6 Å². The van der Waals surface area contributed by atoms with Gasteiger partial charge < -0.3 is 14.8 Å². The number of benzene rings is 2. The normalized spacial score (nSPS) is 11.2. The highest BCUT2D eigenvalue weighted by molar-refractivity contribution is 7.90. The Bertz CT molecular complexity index is 1430. The highest BCUT2D eigenvalue weighted by Gasteiger charge is 2.23. The molecule has 0 atom stereocenters. The molecule has 7 nitrogen and oxygen atoms in total. The van der Waals surface area contributed by atoms with Crippen molar-refractivity contribution in [3.05, 3.63) is 90.6 Å². The minimum absolute atomic E-state index is 0. The summed E-state index contributed by atoms with van der Waals surface area (Å²) in [6, 6.07) is 16.2. The molecule has 0 bridgehead atoms. The Morgan fingerprint density at radius 1 is 1.00 bits per heavy atom. The number of rotatable bonds is 10. The molecule has 0 aliphatic heterocycles. The van der Waals surface area contributed by atoms with Crippen LogP contribution in [0.5, 0.6) is 5.75 Å². The fraction of sp³-hybridized carbons (Fsp3) is 0.192. The Balaban J connectivity index is 0.00000361. The summed E-state index contributed by atoms with van der Waals surface area (Å²) in [6.45, 7) is 1.25. The van der Waals surface area contributed by atoms with Crippen molar-refractivity contribution in [1.82, 2.24) is 14.3 Å². The van der Waals surface area contributed by atoms with Crippen LogP contribution in [0.4, 0.5) is 4.39 Å². The van der Waals surface area contributed by atoms with Gasteiger partial charge in [0.2, 0.25) is 0 Å². The molecule has 0 aliphatic carbocycles. The van der Waals surface area contributed by atoms with Crippen molar-refractivity contribution in [3.8, 4) is 28.1 Å². The van der Waals surface area contributed by atoms with Gasteiger partial charge in [0.25, 0.3) is 10.0 Å². The first-order valence-corrected chi connectivity index (χ1v) is 12.4. The van der Waals surface area contributed by atoms with Crippen LogP contribution < -0.4 is 10.1 Å². The van der Waals surface area contributed by atoms with Gasteiger partial charge in [-0.15, -0.1) is 12.4 Å². The predicted octanol–water partition coefficient (Wildman–Crippen LogP) is 4.76. The number of nitrogens with one attached hydrogen (secondary N) is 1. The maximum Gasteiger partial charge on any atom is 0.268 e. The van der Waals surface area contributed by atoms with Gasteiger partial charge in [-0.05, 0) is 54.6 Å². The maximum absolute atomic E-state index is 14.6. The molecule has 0 amide bonds. The summed E-state index contributed by atoms with van der Waals surface area (Å²) in [7, 11) is -0.682. The summed E-state index contributed by atoms with van der Waals surface area (Å²) in [5.74, 6) is 0.0555. The molecule has 0 saturated heterocycles. The van der Waals surface area contributed by atoms with Crippen molar-refractivity contribution in [2.45, 2.75) is 11.4 Å². The van der Waals surface area contributed by atoms with Crippen molar-refractivity contribution < 1.29 is 22.3 Å². The standard InChI is InChI=1S/C26H26FN3O4S.ClH/c1-28-15-19-12-26(24-8-3-4-9-25(24)27)30(18-19)35(31,32)23-7-5-6-20(14-23)21-13-22(17-29-16-21)34-11-10-33-2;/h3-9,12-14,16-18,28H,10-11,15H2,1-2H3;1H. The van der Waals surface area contributed by atoms with Gasteiger partial charge in [-0.1, -0.05) is 24.3 Å². The maximum atomic E-state index is 14.6. The average Bonchev–Trinajstić information content (AvgIpc) is 3.30. The first kappa shape index (κ1) is 27.3. The Morgan fingerprint density at radius 3 is 2.56 bits per heavy atom. The summed E-state index contributed by atoms with van der Waals surface area (Å²) in [4.78, 5) is 4.28. The van der Waals surface area contributed by atoms with Gasteiger partial charge in [0.1, 0.15) is 18.2 Å². The number of hydrogen-bond acceptors (Lipinski definition) is 6. The molecule has 0 fully saturated rings. The predicted molar refractivity (Wildman–Crippen MR) is 139 cm³/mol. The molecule has 2 aromatic carbocycles. The van der Waals surface area contributed by atoms with Gasteiger partial charge in [-0.25, -0.2) is 16.8 Å². The zero-order chi connectivity index (χ0) is 24.8. The smallest absolute Gasteiger partial charge is 0.268 e. The minimum Gasteiger partial charge on any atom is -0.490 e. The summed E-state index contributed by atoms with van der Waals surface area (Å²) in [5.41, 5.74) is 2.55. The quantitative estimate of drug-likeness (QED) is 0.297. The molecule has 190 valence electrons. The highest BCUT2D eigenvalue weighted by Crippen LogP contribution is 2.31. The zero-order valence-electron chi connectivity index (χ0n) is 19.8. The largest absolute Gasteiger partial charge is 0.490 e. The number of halogens is 2. The number of methoxy groups -OCH3 is 1. The van der Waals surface area contributed by atoms with Crippen molar-refractivity contribution in [2.75, 3.05) is 27.4 Å². The van der Waals surface area contributed by atoms with Crippen LogP contribution in [-0.2, 0) is 21.3 Å². The molecular formula is C26H27ClFN3O4S. The summed E-state index contributed by atoms with van der Waals surface area (Å²) < 4.78 is 53.9. The van der Waals surface area contributed by atoms with Gasteiger partial charge in [-0.2, -0.15) is 0 Å². The highest BCUT2D eigenvalue weighted by atomic mass is 35.5. The molecule has 4 aromatic rings. The third-order valence-electron chi connectivity index (χ3n) is 5.37. The van der Waals surface area contributed by atoms with E-state index >= 15 is 0 Å². The lowest BCUT2D eigenvalue weighted by Gasteiger charge is -2.13. The molecule has 2 heterocycles. The number of nitrogens with zero attached hydrogens (tertiary/aromatic N) is 2. The molecule has 0 spiro atoms. The van der Waals surface area contributed by atoms with E-state index in [-0.39, 0.29) is 28.6 Å². The van der Waals surface area contributed by atoms with E-state index in [9.17, 15) is 12.8 Å². The van der Waals surface area contributed by atoms with Gasteiger partial charge in [0.05, 0.1) is 23.4 Å². The number of aromatic nitrogens is 2. The van der Waals surface area contributed by atoms with E-state index in [0.717, 1.165) is 9.54 Å². The molecule has 0 unspecified atom stereocenters. The Labute approximate surface area is 216 Å². The van der Waals surface area contributed by atoms with Crippen LogP contribution in [0.15, 0.2) is 84.1 Å². The molecule has 0 radical (unpaired) electrons. The summed E-state index contributed by atoms with van der Waals surface area (Å²) >= 11 is 0. The van der Waals surface area contributed by atoms with Crippen molar-refractivity contribution >= 4 is 22.4 Å². The van der Waals surface area contributed by atoms with Crippen LogP contribution in [0.2, 0.25) is 0 Å². The van der Waals surface area contributed by atoms with Gasteiger partial charge in [-0.3, -0.25) is 4.98 Å². The lowest BCUT2D eigenvalue weighted by atomic mass is 10.1. The fourth-order valence-electron chi connectivity index (χ4n) is 3.71. The molecule has 1 N–H and O–H groups in total. The zero-order valence-corrected chi connectivity index (χ0v) is 21.5. The molecule has 2 aromatic heterocycles. The first-order valence-electron chi connectivity index (χ1n) is 11.0. The lowest BCUT2D eigenvalue weighted by Crippen LogP contribution is -2.14. The van der Waals surface area contributed by atoms with E-state index in [1.165, 1.54) is 18.3 Å². The van der Waals surface area contributed by atoms with Gasteiger partial charge in [0.15, 0.2) is 0 Å². The average molecular weight is 532 g/mol. The van der Waals surface area contributed by atoms with E-state index in [1.807, 2.05) is 0 Å². The Kier molecular flexibility index (Phi) is 9.22. The molecular weight excluding hydrogens is 505 g/mol. The second-order valence-corrected chi connectivity index (χ2v) is 9.64. The lowest BCUT2D eigenvalue weighted by molar-refractivity contribution is 0.146. The van der Waals surface area contributed by atoms with Crippen molar-refractivity contribution in [2.24, 2.45) is 0 Å². The van der Waals surface area contributed by atoms with E-state index in [2.05, 4.69) is 10.3 Å². The molecule has 10 heteroatoms. The fourth-order valence-corrected chi connectivity index (χ4v) is 5.15. The SMILES string of the molecule is CNCc1cc(-c2ccccc2F)n(S(=O)(=O)c2cccc(-c3cncc(OCCOC)c3)c2)c1.Cl. The molecule has 36 heavy (non-hydrogen) atoms. The number of hydrogen-bond donors (Lipinski definition) is 1. The first-order chi connectivity index (χ1) is 16.9.